The molecule has 1 aromatic rings. The van der Waals surface area contributed by atoms with Crippen molar-refractivity contribution in [1.82, 2.24) is 4.98 Å². The van der Waals surface area contributed by atoms with Crippen LogP contribution in [-0.4, -0.2) is 26.0 Å². The van der Waals surface area contributed by atoms with E-state index >= 15 is 0 Å². The van der Waals surface area contributed by atoms with Crippen LogP contribution in [0.15, 0.2) is 24.1 Å². The van der Waals surface area contributed by atoms with Crippen LogP contribution in [0.1, 0.15) is 5.56 Å². The molecule has 0 aliphatic carbocycles. The number of pyridine rings is 1. The zero-order valence-electron chi connectivity index (χ0n) is 7.85. The van der Waals surface area contributed by atoms with E-state index in [-0.39, 0.29) is 11.4 Å². The first-order valence-electron chi connectivity index (χ1n) is 3.99. The van der Waals surface area contributed by atoms with E-state index in [1.165, 1.54) is 18.3 Å². The predicted octanol–water partition coefficient (Wildman–Crippen LogP) is 1.29. The molecule has 1 heterocycles. The lowest BCUT2D eigenvalue weighted by Crippen LogP contribution is -2.05. The molecule has 1 aromatic heterocycles. The second kappa shape index (κ2) is 4.89. The number of hydrogen-bond donors (Lipinski definition) is 3. The maximum absolute atomic E-state index is 10.6. The van der Waals surface area contributed by atoms with E-state index in [0.717, 1.165) is 6.08 Å². The van der Waals surface area contributed by atoms with Gasteiger partial charge in [0.25, 0.3) is 0 Å². The summed E-state index contributed by atoms with van der Waals surface area (Å²) in [7, 11) is -4.30. The minimum Gasteiger partial charge on any atom is -0.449 e. The molecular formula is C8H8NO6P. The van der Waals surface area contributed by atoms with Gasteiger partial charge in [-0.15, -0.1) is 0 Å². The number of ether oxygens (including phenoxy) is 1. The van der Waals surface area contributed by atoms with Gasteiger partial charge in [0.2, 0.25) is 5.88 Å². The standard InChI is InChI=1S/C8H8NO6P/c10-8(11)15-7-6(2-1-4-9-7)3-5-16(12,13)14/h1-5H,(H,10,11)(H2,12,13,14)/b5-3-. The first kappa shape index (κ1) is 12.4. The largest absolute Gasteiger partial charge is 0.512 e. The zero-order chi connectivity index (χ0) is 12.2. The molecule has 3 N–H and O–H groups in total. The molecule has 0 fully saturated rings. The quantitative estimate of drug-likeness (QED) is 0.542. The Morgan fingerprint density at radius 3 is 2.75 bits per heavy atom. The third-order valence-corrected chi connectivity index (χ3v) is 1.97. The first-order chi connectivity index (χ1) is 7.38. The molecule has 0 spiro atoms. The molecule has 0 saturated heterocycles. The Morgan fingerprint density at radius 1 is 1.50 bits per heavy atom. The van der Waals surface area contributed by atoms with Gasteiger partial charge in [0.1, 0.15) is 0 Å². The topological polar surface area (TPSA) is 117 Å². The molecule has 0 aliphatic heterocycles. The normalized spacial score (nSPS) is 11.6. The summed E-state index contributed by atoms with van der Waals surface area (Å²) in [4.78, 5) is 31.1. The number of carboxylic acid groups (broad SMARTS) is 1. The third kappa shape index (κ3) is 4.22. The van der Waals surface area contributed by atoms with Gasteiger partial charge in [0, 0.05) is 17.6 Å². The van der Waals surface area contributed by atoms with Crippen LogP contribution in [0.3, 0.4) is 0 Å². The molecule has 8 heteroatoms. The lowest BCUT2D eigenvalue weighted by molar-refractivity contribution is 0.142. The van der Waals surface area contributed by atoms with E-state index in [4.69, 9.17) is 14.9 Å². The van der Waals surface area contributed by atoms with Gasteiger partial charge in [-0.2, -0.15) is 0 Å². The average molecular weight is 245 g/mol. The fourth-order valence-corrected chi connectivity index (χ4v) is 1.23. The van der Waals surface area contributed by atoms with Crippen LogP contribution in [0.4, 0.5) is 4.79 Å². The Hall–Kier alpha value is -1.69. The molecule has 1 rings (SSSR count). The SMILES string of the molecule is O=C(O)Oc1ncccc1/C=C\P(=O)(O)O. The van der Waals surface area contributed by atoms with Crippen LogP contribution in [0.5, 0.6) is 5.88 Å². The molecule has 0 aromatic carbocycles. The van der Waals surface area contributed by atoms with Gasteiger partial charge >= 0.3 is 13.8 Å². The van der Waals surface area contributed by atoms with E-state index in [2.05, 4.69) is 9.72 Å². The summed E-state index contributed by atoms with van der Waals surface area (Å²) in [6.07, 6.45) is 0.795. The van der Waals surface area contributed by atoms with Crippen molar-refractivity contribution < 1.29 is 29.0 Å². The Balaban J connectivity index is 3.00. The maximum atomic E-state index is 10.6. The highest BCUT2D eigenvalue weighted by Gasteiger charge is 2.09. The lowest BCUT2D eigenvalue weighted by atomic mass is 10.3. The second-order valence-corrected chi connectivity index (χ2v) is 4.15. The van der Waals surface area contributed by atoms with E-state index in [0.29, 0.717) is 5.82 Å². The van der Waals surface area contributed by atoms with Gasteiger partial charge < -0.3 is 19.6 Å². The Bertz CT molecular complexity index is 465. The van der Waals surface area contributed by atoms with Gasteiger partial charge in [0.15, 0.2) is 0 Å². The van der Waals surface area contributed by atoms with Crippen molar-refractivity contribution in [2.45, 2.75) is 0 Å². The van der Waals surface area contributed by atoms with Crippen LogP contribution < -0.4 is 4.74 Å². The smallest absolute Gasteiger partial charge is 0.449 e. The van der Waals surface area contributed by atoms with E-state index in [9.17, 15) is 9.36 Å². The molecule has 0 radical (unpaired) electrons. The minimum absolute atomic E-state index is 0.160. The summed E-state index contributed by atoms with van der Waals surface area (Å²) in [6, 6.07) is 2.89. The highest BCUT2D eigenvalue weighted by Crippen LogP contribution is 2.37. The lowest BCUT2D eigenvalue weighted by Gasteiger charge is -2.02. The highest BCUT2D eigenvalue weighted by atomic mass is 31.2. The van der Waals surface area contributed by atoms with Gasteiger partial charge in [0.05, 0.1) is 0 Å². The number of carbonyl (C=O) groups is 1. The second-order valence-electron chi connectivity index (χ2n) is 2.67. The molecule has 0 saturated carbocycles. The summed E-state index contributed by atoms with van der Waals surface area (Å²) in [6.45, 7) is 0. The summed E-state index contributed by atoms with van der Waals surface area (Å²) < 4.78 is 14.9. The van der Waals surface area contributed by atoms with Crippen molar-refractivity contribution in [2.75, 3.05) is 0 Å². The zero-order valence-corrected chi connectivity index (χ0v) is 8.74. The van der Waals surface area contributed by atoms with Crippen molar-refractivity contribution in [3.63, 3.8) is 0 Å². The van der Waals surface area contributed by atoms with Crippen molar-refractivity contribution in [3.8, 4) is 5.88 Å². The van der Waals surface area contributed by atoms with Gasteiger partial charge in [-0.25, -0.2) is 9.78 Å². The van der Waals surface area contributed by atoms with Gasteiger partial charge in [-0.05, 0) is 18.2 Å². The van der Waals surface area contributed by atoms with Crippen molar-refractivity contribution in [2.24, 2.45) is 0 Å². The van der Waals surface area contributed by atoms with E-state index < -0.39 is 13.8 Å². The fraction of sp³-hybridized carbons (Fsp3) is 0. The molecule has 0 bridgehead atoms. The molecule has 0 atom stereocenters. The van der Waals surface area contributed by atoms with Crippen molar-refractivity contribution >= 4 is 19.8 Å². The average Bonchev–Trinajstić information content (AvgIpc) is 2.14. The van der Waals surface area contributed by atoms with Crippen LogP contribution in [0, 0.1) is 0 Å². The molecular weight excluding hydrogens is 237 g/mol. The van der Waals surface area contributed by atoms with Gasteiger partial charge in [-0.3, -0.25) is 4.57 Å². The predicted molar refractivity (Wildman–Crippen MR) is 54.0 cm³/mol. The third-order valence-electron chi connectivity index (χ3n) is 1.43. The minimum atomic E-state index is -4.30. The number of aromatic nitrogens is 1. The number of hydrogen-bond acceptors (Lipinski definition) is 4. The fourth-order valence-electron chi connectivity index (χ4n) is 0.875. The van der Waals surface area contributed by atoms with E-state index in [1.807, 2.05) is 0 Å². The molecule has 0 amide bonds. The summed E-state index contributed by atoms with van der Waals surface area (Å²) in [5, 5.41) is 8.38. The van der Waals surface area contributed by atoms with Crippen molar-refractivity contribution in [1.29, 1.82) is 0 Å². The van der Waals surface area contributed by atoms with E-state index in [1.54, 1.807) is 0 Å². The Morgan fingerprint density at radius 2 is 2.19 bits per heavy atom. The molecule has 16 heavy (non-hydrogen) atoms. The summed E-state index contributed by atoms with van der Waals surface area (Å²) in [5.41, 5.74) is 0.160. The molecule has 0 unspecified atom stereocenters. The van der Waals surface area contributed by atoms with Crippen LogP contribution in [0.2, 0.25) is 0 Å². The number of nitrogens with zero attached hydrogens (tertiary/aromatic N) is 1. The van der Waals surface area contributed by atoms with Gasteiger partial charge in [-0.1, -0.05) is 0 Å². The van der Waals surface area contributed by atoms with Crippen LogP contribution >= 0.6 is 7.60 Å². The molecule has 0 aliphatic rings. The summed E-state index contributed by atoms with van der Waals surface area (Å²) in [5.74, 6) is 0.401. The van der Waals surface area contributed by atoms with Crippen molar-refractivity contribution in [3.05, 3.63) is 29.7 Å². The Labute approximate surface area is 90.2 Å². The molecule has 86 valence electrons. The van der Waals surface area contributed by atoms with Crippen LogP contribution in [0.25, 0.3) is 6.08 Å². The first-order valence-corrected chi connectivity index (χ1v) is 5.67. The number of rotatable bonds is 3. The monoisotopic (exact) mass is 245 g/mol. The Kier molecular flexibility index (Phi) is 3.78. The molecule has 7 nitrogen and oxygen atoms in total. The highest BCUT2D eigenvalue weighted by molar-refractivity contribution is 7.55. The van der Waals surface area contributed by atoms with Crippen LogP contribution in [-0.2, 0) is 4.57 Å². The summed E-state index contributed by atoms with van der Waals surface area (Å²) >= 11 is 0. The maximum Gasteiger partial charge on any atom is 0.512 e.